The number of aryl methyl sites for hydroxylation is 2. The Hall–Kier alpha value is -3.68. The number of hydrogen-bond donors (Lipinski definition) is 0. The average molecular weight is 360 g/mol. The van der Waals surface area contributed by atoms with Crippen molar-refractivity contribution in [1.82, 2.24) is 29.5 Å². The molecule has 27 heavy (non-hydrogen) atoms. The molecule has 0 saturated carbocycles. The Kier molecular flexibility index (Phi) is 4.29. The van der Waals surface area contributed by atoms with Crippen molar-refractivity contribution in [2.45, 2.75) is 20.3 Å². The first kappa shape index (κ1) is 16.8. The molecule has 0 aromatic carbocycles. The fourth-order valence-corrected chi connectivity index (χ4v) is 2.70. The molecule has 0 amide bonds. The smallest absolute Gasteiger partial charge is 0.172 e. The second-order valence-electron chi connectivity index (χ2n) is 6.09. The fraction of sp³-hybridized carbons (Fsp3) is 0.158. The van der Waals surface area contributed by atoms with Crippen LogP contribution in [0.4, 0.5) is 0 Å². The second-order valence-corrected chi connectivity index (χ2v) is 6.09. The number of fused-ring (bicyclic) bond motifs is 1. The van der Waals surface area contributed by atoms with Crippen LogP contribution in [0, 0.1) is 13.8 Å². The highest BCUT2D eigenvalue weighted by Gasteiger charge is 2.16. The normalized spacial score (nSPS) is 10.9. The third kappa shape index (κ3) is 3.64. The van der Waals surface area contributed by atoms with Crippen molar-refractivity contribution in [3.63, 3.8) is 0 Å². The van der Waals surface area contributed by atoms with Crippen molar-refractivity contribution in [2.75, 3.05) is 0 Å². The van der Waals surface area contributed by atoms with E-state index in [1.807, 2.05) is 25.1 Å². The third-order valence-corrected chi connectivity index (χ3v) is 3.95. The summed E-state index contributed by atoms with van der Waals surface area (Å²) in [6.07, 6.45) is 6.56. The maximum Gasteiger partial charge on any atom is 0.172 e. The molecule has 4 aromatic rings. The van der Waals surface area contributed by atoms with Gasteiger partial charge in [0.25, 0.3) is 0 Å². The van der Waals surface area contributed by atoms with Crippen LogP contribution in [0.25, 0.3) is 5.65 Å². The lowest BCUT2D eigenvalue weighted by atomic mass is 10.1. The van der Waals surface area contributed by atoms with Crippen LogP contribution in [0.1, 0.15) is 27.6 Å². The first-order chi connectivity index (χ1) is 13.1. The summed E-state index contributed by atoms with van der Waals surface area (Å²) < 4.78 is 7.46. The van der Waals surface area contributed by atoms with E-state index in [1.165, 1.54) is 6.33 Å². The van der Waals surface area contributed by atoms with Gasteiger partial charge >= 0.3 is 0 Å². The number of rotatable bonds is 5. The monoisotopic (exact) mass is 360 g/mol. The van der Waals surface area contributed by atoms with E-state index in [0.717, 1.165) is 5.69 Å². The Morgan fingerprint density at radius 3 is 2.74 bits per heavy atom. The van der Waals surface area contributed by atoms with Gasteiger partial charge in [0.15, 0.2) is 17.2 Å². The summed E-state index contributed by atoms with van der Waals surface area (Å²) >= 11 is 0. The van der Waals surface area contributed by atoms with E-state index in [2.05, 4.69) is 25.1 Å². The van der Waals surface area contributed by atoms with E-state index in [4.69, 9.17) is 4.74 Å². The number of ketones is 1. The lowest BCUT2D eigenvalue weighted by Gasteiger charge is -2.09. The lowest BCUT2D eigenvalue weighted by Crippen LogP contribution is -2.08. The molecule has 134 valence electrons. The van der Waals surface area contributed by atoms with Gasteiger partial charge in [-0.25, -0.2) is 9.97 Å². The summed E-state index contributed by atoms with van der Waals surface area (Å²) in [6, 6.07) is 7.26. The highest BCUT2D eigenvalue weighted by Crippen LogP contribution is 2.24. The van der Waals surface area contributed by atoms with Gasteiger partial charge in [-0.15, -0.1) is 10.2 Å². The summed E-state index contributed by atoms with van der Waals surface area (Å²) in [5, 5.41) is 7.94. The molecular weight excluding hydrogens is 344 g/mol. The SMILES string of the molecule is Cc1cccc(CC(=O)c2cc(Oc3cnc(C)nc3)cn3cnnc23)n1. The van der Waals surface area contributed by atoms with Crippen molar-refractivity contribution in [1.29, 1.82) is 0 Å². The van der Waals surface area contributed by atoms with Crippen molar-refractivity contribution >= 4 is 11.4 Å². The van der Waals surface area contributed by atoms with Gasteiger partial charge in [-0.3, -0.25) is 14.2 Å². The molecule has 8 heteroatoms. The number of aromatic nitrogens is 6. The highest BCUT2D eigenvalue weighted by atomic mass is 16.5. The van der Waals surface area contributed by atoms with E-state index in [-0.39, 0.29) is 12.2 Å². The summed E-state index contributed by atoms with van der Waals surface area (Å²) in [5.74, 6) is 1.48. The van der Waals surface area contributed by atoms with Crippen LogP contribution >= 0.6 is 0 Å². The van der Waals surface area contributed by atoms with E-state index in [9.17, 15) is 4.79 Å². The molecule has 0 radical (unpaired) electrons. The molecule has 0 aliphatic heterocycles. The summed E-state index contributed by atoms with van der Waals surface area (Å²) in [4.78, 5) is 25.5. The van der Waals surface area contributed by atoms with Crippen LogP contribution in [-0.2, 0) is 6.42 Å². The Morgan fingerprint density at radius 1 is 1.15 bits per heavy atom. The van der Waals surface area contributed by atoms with Crippen molar-refractivity contribution in [3.8, 4) is 11.5 Å². The molecule has 0 atom stereocenters. The van der Waals surface area contributed by atoms with Gasteiger partial charge in [0.2, 0.25) is 0 Å². The summed E-state index contributed by atoms with van der Waals surface area (Å²) in [7, 11) is 0. The summed E-state index contributed by atoms with van der Waals surface area (Å²) in [6.45, 7) is 3.69. The Balaban J connectivity index is 1.67. The zero-order valence-corrected chi connectivity index (χ0v) is 14.8. The van der Waals surface area contributed by atoms with Gasteiger partial charge in [0.1, 0.15) is 17.9 Å². The number of Topliss-reactive ketones (excluding diaryl/α,β-unsaturated/α-hetero) is 1. The lowest BCUT2D eigenvalue weighted by molar-refractivity contribution is 0.0992. The summed E-state index contributed by atoms with van der Waals surface area (Å²) in [5.41, 5.74) is 2.46. The van der Waals surface area contributed by atoms with Gasteiger partial charge in [-0.05, 0) is 32.0 Å². The molecule has 0 unspecified atom stereocenters. The first-order valence-corrected chi connectivity index (χ1v) is 8.34. The molecule has 4 rings (SSSR count). The van der Waals surface area contributed by atoms with E-state index < -0.39 is 0 Å². The van der Waals surface area contributed by atoms with Crippen LogP contribution in [0.5, 0.6) is 11.5 Å². The van der Waals surface area contributed by atoms with Gasteiger partial charge < -0.3 is 4.74 Å². The van der Waals surface area contributed by atoms with Gasteiger partial charge in [-0.2, -0.15) is 0 Å². The molecule has 0 aliphatic rings. The average Bonchev–Trinajstić information content (AvgIpc) is 3.11. The Morgan fingerprint density at radius 2 is 1.96 bits per heavy atom. The van der Waals surface area contributed by atoms with Crippen LogP contribution in [0.3, 0.4) is 0 Å². The number of ether oxygens (including phenoxy) is 1. The van der Waals surface area contributed by atoms with Crippen LogP contribution in [0.15, 0.2) is 49.2 Å². The minimum Gasteiger partial charge on any atom is -0.453 e. The Bertz CT molecular complexity index is 1120. The van der Waals surface area contributed by atoms with Gasteiger partial charge in [-0.1, -0.05) is 6.07 Å². The molecule has 4 heterocycles. The maximum absolute atomic E-state index is 12.9. The highest BCUT2D eigenvalue weighted by molar-refractivity contribution is 6.02. The maximum atomic E-state index is 12.9. The molecule has 0 bridgehead atoms. The predicted octanol–water partition coefficient (Wildman–Crippen LogP) is 2.75. The van der Waals surface area contributed by atoms with E-state index >= 15 is 0 Å². The minimum absolute atomic E-state index is 0.114. The third-order valence-electron chi connectivity index (χ3n) is 3.95. The molecular formula is C19H16N6O2. The van der Waals surface area contributed by atoms with Gasteiger partial charge in [0, 0.05) is 11.4 Å². The van der Waals surface area contributed by atoms with Crippen LogP contribution in [0.2, 0.25) is 0 Å². The molecule has 8 nitrogen and oxygen atoms in total. The van der Waals surface area contributed by atoms with Crippen LogP contribution < -0.4 is 4.74 Å². The molecule has 0 spiro atoms. The van der Waals surface area contributed by atoms with Crippen molar-refractivity contribution in [3.05, 3.63) is 72.0 Å². The number of carbonyl (C=O) groups is 1. The first-order valence-electron chi connectivity index (χ1n) is 8.34. The molecule has 4 aromatic heterocycles. The topological polar surface area (TPSA) is 95.2 Å². The largest absolute Gasteiger partial charge is 0.453 e. The minimum atomic E-state index is -0.114. The number of carbonyl (C=O) groups excluding carboxylic acids is 1. The standard InChI is InChI=1S/C19H16N6O2/c1-12-4-3-5-14(23-12)6-18(26)17-7-15(10-25-11-22-24-19(17)25)27-16-8-20-13(2)21-9-16/h3-5,7-11H,6H2,1-2H3. The molecule has 0 aliphatic carbocycles. The Labute approximate surface area is 154 Å². The van der Waals surface area contributed by atoms with E-state index in [0.29, 0.717) is 34.2 Å². The number of nitrogens with zero attached hydrogens (tertiary/aromatic N) is 6. The number of hydrogen-bond acceptors (Lipinski definition) is 7. The van der Waals surface area contributed by atoms with Crippen LogP contribution in [-0.4, -0.2) is 35.3 Å². The van der Waals surface area contributed by atoms with E-state index in [1.54, 1.807) is 36.0 Å². The fourth-order valence-electron chi connectivity index (χ4n) is 2.70. The van der Waals surface area contributed by atoms with Crippen molar-refractivity contribution in [2.24, 2.45) is 0 Å². The zero-order chi connectivity index (χ0) is 18.8. The van der Waals surface area contributed by atoms with Crippen molar-refractivity contribution < 1.29 is 9.53 Å². The van der Waals surface area contributed by atoms with Gasteiger partial charge in [0.05, 0.1) is 30.6 Å². The molecule has 0 N–H and O–H groups in total. The molecule has 0 saturated heterocycles. The second kappa shape index (κ2) is 6.91. The predicted molar refractivity (Wildman–Crippen MR) is 96.8 cm³/mol. The zero-order valence-electron chi connectivity index (χ0n) is 14.8. The number of pyridine rings is 2. The quantitative estimate of drug-likeness (QED) is 0.505. The molecule has 0 fully saturated rings.